The molecule has 1 fully saturated rings. The Balaban J connectivity index is 1.28. The molecule has 31 heavy (non-hydrogen) atoms. The summed E-state index contributed by atoms with van der Waals surface area (Å²) in [7, 11) is 0. The first-order chi connectivity index (χ1) is 15.0. The Morgan fingerprint density at radius 1 is 0.968 bits per heavy atom. The van der Waals surface area contributed by atoms with Gasteiger partial charge in [-0.1, -0.05) is 12.1 Å². The molecule has 0 aliphatic carbocycles. The Morgan fingerprint density at radius 2 is 1.65 bits per heavy atom. The maximum Gasteiger partial charge on any atom is 0.321 e. The Hall–Kier alpha value is -3.75. The van der Waals surface area contributed by atoms with Crippen molar-refractivity contribution in [1.82, 2.24) is 19.4 Å². The molecule has 9 heteroatoms. The second-order valence-corrected chi connectivity index (χ2v) is 7.32. The highest BCUT2D eigenvalue weighted by molar-refractivity contribution is 5.89. The summed E-state index contributed by atoms with van der Waals surface area (Å²) < 4.78 is 14.4. The molecule has 3 amide bonds. The number of carbonyl (C=O) groups excluding carboxylic acids is 2. The van der Waals surface area contributed by atoms with Crippen molar-refractivity contribution < 1.29 is 14.0 Å². The summed E-state index contributed by atoms with van der Waals surface area (Å²) in [5, 5.41) is 3.25. The van der Waals surface area contributed by atoms with Crippen LogP contribution in [0.15, 0.2) is 59.7 Å². The fourth-order valence-corrected chi connectivity index (χ4v) is 3.53. The minimum absolute atomic E-state index is 0.0707. The van der Waals surface area contributed by atoms with E-state index in [0.717, 1.165) is 0 Å². The van der Waals surface area contributed by atoms with E-state index in [4.69, 9.17) is 0 Å². The van der Waals surface area contributed by atoms with Crippen LogP contribution in [0.4, 0.5) is 14.9 Å². The third-order valence-electron chi connectivity index (χ3n) is 5.31. The maximum absolute atomic E-state index is 13.0. The molecule has 1 N–H and O–H groups in total. The van der Waals surface area contributed by atoms with Crippen molar-refractivity contribution in [1.29, 1.82) is 0 Å². The van der Waals surface area contributed by atoms with Gasteiger partial charge in [-0.2, -0.15) is 0 Å². The van der Waals surface area contributed by atoms with Crippen LogP contribution in [-0.2, 0) is 11.3 Å². The van der Waals surface area contributed by atoms with E-state index < -0.39 is 0 Å². The smallest absolute Gasteiger partial charge is 0.321 e. The van der Waals surface area contributed by atoms with Crippen molar-refractivity contribution in [3.63, 3.8) is 0 Å². The van der Waals surface area contributed by atoms with E-state index >= 15 is 0 Å². The molecule has 160 valence electrons. The molecule has 0 unspecified atom stereocenters. The first kappa shape index (κ1) is 20.5. The highest BCUT2D eigenvalue weighted by Gasteiger charge is 2.24. The zero-order valence-corrected chi connectivity index (χ0v) is 16.8. The molecule has 1 aliphatic heterocycles. The topological polar surface area (TPSA) is 87.5 Å². The number of amides is 3. The molecule has 0 atom stereocenters. The average Bonchev–Trinajstić information content (AvgIpc) is 2.80. The van der Waals surface area contributed by atoms with Crippen LogP contribution in [0.25, 0.3) is 10.9 Å². The van der Waals surface area contributed by atoms with Crippen molar-refractivity contribution in [3.05, 3.63) is 71.0 Å². The van der Waals surface area contributed by atoms with Crippen LogP contribution >= 0.6 is 0 Å². The van der Waals surface area contributed by atoms with Gasteiger partial charge < -0.3 is 15.1 Å². The quantitative estimate of drug-likeness (QED) is 0.698. The lowest BCUT2D eigenvalue weighted by Gasteiger charge is -2.34. The summed E-state index contributed by atoms with van der Waals surface area (Å²) in [6, 6.07) is 12.4. The number of hydrogen-bond donors (Lipinski definition) is 1. The minimum atomic E-state index is -0.369. The number of nitrogens with zero attached hydrogens (tertiary/aromatic N) is 4. The number of aromatic nitrogens is 2. The molecule has 2 aromatic carbocycles. The van der Waals surface area contributed by atoms with Crippen LogP contribution in [0.1, 0.15) is 6.42 Å². The van der Waals surface area contributed by atoms with E-state index in [1.165, 1.54) is 35.2 Å². The predicted octanol–water partition coefficient (Wildman–Crippen LogP) is 2.30. The number of benzene rings is 2. The van der Waals surface area contributed by atoms with Gasteiger partial charge in [0.1, 0.15) is 5.82 Å². The molecule has 0 spiro atoms. The molecule has 1 saturated heterocycles. The SMILES string of the molecule is O=C(CCn1cnc2ccccc2c1=O)N1CCN(C(=O)Nc2ccc(F)cc2)CC1. The summed E-state index contributed by atoms with van der Waals surface area (Å²) in [6.07, 6.45) is 1.65. The largest absolute Gasteiger partial charge is 0.339 e. The van der Waals surface area contributed by atoms with Gasteiger partial charge in [-0.15, -0.1) is 0 Å². The lowest BCUT2D eigenvalue weighted by Crippen LogP contribution is -2.51. The van der Waals surface area contributed by atoms with Crippen LogP contribution in [0.2, 0.25) is 0 Å². The van der Waals surface area contributed by atoms with Gasteiger partial charge in [-0.25, -0.2) is 14.2 Å². The molecule has 4 rings (SSSR count). The molecule has 2 heterocycles. The van der Waals surface area contributed by atoms with Crippen molar-refractivity contribution in [3.8, 4) is 0 Å². The number of anilines is 1. The molecular formula is C22H22FN5O3. The molecule has 0 radical (unpaired) electrons. The fourth-order valence-electron chi connectivity index (χ4n) is 3.53. The van der Waals surface area contributed by atoms with Crippen LogP contribution in [0.3, 0.4) is 0 Å². The number of halogens is 1. The molecule has 1 aromatic heterocycles. The summed E-state index contributed by atoms with van der Waals surface area (Å²) in [5.74, 6) is -0.439. The lowest BCUT2D eigenvalue weighted by molar-refractivity contribution is -0.132. The number of piperazine rings is 1. The number of fused-ring (bicyclic) bond motifs is 1. The standard InChI is InChI=1S/C22H22FN5O3/c23-16-5-7-17(8-6-16)25-22(31)27-13-11-26(12-14-27)20(29)9-10-28-15-24-19-4-2-1-3-18(19)21(28)30/h1-8,15H,9-14H2,(H,25,31). The monoisotopic (exact) mass is 423 g/mol. The first-order valence-electron chi connectivity index (χ1n) is 10.0. The van der Waals surface area contributed by atoms with Crippen molar-refractivity contribution in [2.24, 2.45) is 0 Å². The number of nitrogens with one attached hydrogen (secondary N) is 1. The summed E-state index contributed by atoms with van der Waals surface area (Å²) in [4.78, 5) is 45.0. The van der Waals surface area contributed by atoms with E-state index in [0.29, 0.717) is 42.8 Å². The van der Waals surface area contributed by atoms with Gasteiger partial charge in [0, 0.05) is 44.8 Å². The second kappa shape index (κ2) is 8.95. The number of hydrogen-bond acceptors (Lipinski definition) is 4. The third kappa shape index (κ3) is 4.71. The van der Waals surface area contributed by atoms with Crippen LogP contribution in [-0.4, -0.2) is 57.5 Å². The van der Waals surface area contributed by atoms with Gasteiger partial charge in [-0.3, -0.25) is 14.2 Å². The first-order valence-corrected chi connectivity index (χ1v) is 10.0. The summed E-state index contributed by atoms with van der Waals surface area (Å²) >= 11 is 0. The zero-order chi connectivity index (χ0) is 21.8. The van der Waals surface area contributed by atoms with E-state index in [-0.39, 0.29) is 36.3 Å². The third-order valence-corrected chi connectivity index (χ3v) is 5.31. The molecule has 1 aliphatic rings. The van der Waals surface area contributed by atoms with Gasteiger partial charge in [0.2, 0.25) is 5.91 Å². The van der Waals surface area contributed by atoms with E-state index in [1.54, 1.807) is 28.0 Å². The Kier molecular flexibility index (Phi) is 5.92. The number of para-hydroxylation sites is 1. The average molecular weight is 423 g/mol. The highest BCUT2D eigenvalue weighted by Crippen LogP contribution is 2.11. The van der Waals surface area contributed by atoms with Gasteiger partial charge in [0.05, 0.1) is 17.2 Å². The number of carbonyl (C=O) groups is 2. The number of aryl methyl sites for hydroxylation is 1. The van der Waals surface area contributed by atoms with Gasteiger partial charge in [0.15, 0.2) is 0 Å². The van der Waals surface area contributed by atoms with Crippen molar-refractivity contribution >= 4 is 28.5 Å². The molecular weight excluding hydrogens is 401 g/mol. The van der Waals surface area contributed by atoms with E-state index in [1.807, 2.05) is 6.07 Å². The molecule has 3 aromatic rings. The summed E-state index contributed by atoms with van der Waals surface area (Å²) in [6.45, 7) is 1.88. The highest BCUT2D eigenvalue weighted by atomic mass is 19.1. The number of rotatable bonds is 4. The van der Waals surface area contributed by atoms with Crippen LogP contribution in [0, 0.1) is 5.82 Å². The van der Waals surface area contributed by atoms with Crippen molar-refractivity contribution in [2.45, 2.75) is 13.0 Å². The van der Waals surface area contributed by atoms with Crippen molar-refractivity contribution in [2.75, 3.05) is 31.5 Å². The van der Waals surface area contributed by atoms with Gasteiger partial charge in [0.25, 0.3) is 5.56 Å². The maximum atomic E-state index is 13.0. The Bertz CT molecular complexity index is 1150. The lowest BCUT2D eigenvalue weighted by atomic mass is 10.2. The molecule has 8 nitrogen and oxygen atoms in total. The van der Waals surface area contributed by atoms with Gasteiger partial charge in [-0.05, 0) is 36.4 Å². The van der Waals surface area contributed by atoms with E-state index in [2.05, 4.69) is 10.3 Å². The fraction of sp³-hybridized carbons (Fsp3) is 0.273. The Labute approximate surface area is 177 Å². The van der Waals surface area contributed by atoms with Crippen LogP contribution < -0.4 is 10.9 Å². The zero-order valence-electron chi connectivity index (χ0n) is 16.8. The molecule has 0 bridgehead atoms. The predicted molar refractivity (Wildman–Crippen MR) is 114 cm³/mol. The number of urea groups is 1. The Morgan fingerprint density at radius 3 is 2.39 bits per heavy atom. The van der Waals surface area contributed by atoms with E-state index in [9.17, 15) is 18.8 Å². The normalized spacial score (nSPS) is 14.0. The minimum Gasteiger partial charge on any atom is -0.339 e. The molecule has 0 saturated carbocycles. The second-order valence-electron chi connectivity index (χ2n) is 7.32. The summed E-state index contributed by atoms with van der Waals surface area (Å²) in [5.41, 5.74) is 0.977. The van der Waals surface area contributed by atoms with Gasteiger partial charge >= 0.3 is 6.03 Å². The van der Waals surface area contributed by atoms with Crippen LogP contribution in [0.5, 0.6) is 0 Å².